The molecule has 0 N–H and O–H groups in total. The molecule has 0 radical (unpaired) electrons. The fourth-order valence-corrected chi connectivity index (χ4v) is 7.73. The van der Waals surface area contributed by atoms with E-state index in [2.05, 4.69) is 13.0 Å². The van der Waals surface area contributed by atoms with E-state index in [-0.39, 0.29) is 17.6 Å². The maximum atomic E-state index is 14.7. The van der Waals surface area contributed by atoms with E-state index in [1.165, 1.54) is 76.7 Å². The Morgan fingerprint density at radius 2 is 1.81 bits per heavy atom. The maximum absolute atomic E-state index is 14.7. The molecule has 3 heteroatoms. The van der Waals surface area contributed by atoms with Crippen LogP contribution in [0.1, 0.15) is 116 Å². The molecule has 4 rings (SSSR count). The third-order valence-electron chi connectivity index (χ3n) is 9.81. The van der Waals surface area contributed by atoms with Gasteiger partial charge in [-0.15, -0.1) is 0 Å². The molecule has 0 amide bonds. The summed E-state index contributed by atoms with van der Waals surface area (Å²) in [7, 11) is 0. The molecule has 4 unspecified atom stereocenters. The highest BCUT2D eigenvalue weighted by Crippen LogP contribution is 2.50. The zero-order valence-corrected chi connectivity index (χ0v) is 22.9. The number of hydrogen-bond acceptors (Lipinski definition) is 2. The summed E-state index contributed by atoms with van der Waals surface area (Å²) in [6, 6.07) is 5.07. The van der Waals surface area contributed by atoms with Gasteiger partial charge in [0.25, 0.3) is 0 Å². The van der Waals surface area contributed by atoms with E-state index >= 15 is 0 Å². The van der Waals surface area contributed by atoms with Crippen LogP contribution >= 0.6 is 0 Å². The standard InChI is InChI=1S/C33H49FO2/c1-3-5-7-10-24-14-17-26(18-15-24)27-19-20-29-28(23-27)12-9-13-30(29)33(35)36-32-21-16-25(22-31(32)34)11-8-6-4-2/h4,6,16,21-22,24,26-30H,3,5,7-15,17-20,23H2,1-2H3/b6-4+. The van der Waals surface area contributed by atoms with E-state index in [0.29, 0.717) is 11.8 Å². The number of esters is 1. The van der Waals surface area contributed by atoms with Crippen LogP contribution in [0.4, 0.5) is 4.39 Å². The van der Waals surface area contributed by atoms with Crippen LogP contribution in [0.5, 0.6) is 5.75 Å². The Hall–Kier alpha value is -1.64. The van der Waals surface area contributed by atoms with Crippen molar-refractivity contribution in [2.24, 2.45) is 35.5 Å². The monoisotopic (exact) mass is 496 g/mol. The van der Waals surface area contributed by atoms with Crippen LogP contribution < -0.4 is 4.74 Å². The SMILES string of the molecule is C/C=C/CCc1ccc(OC(=O)C2CCCC3CC(C4CCC(CCCCC)CC4)CCC32)c(F)c1. The van der Waals surface area contributed by atoms with Crippen molar-refractivity contribution < 1.29 is 13.9 Å². The highest BCUT2D eigenvalue weighted by Gasteiger charge is 2.43. The summed E-state index contributed by atoms with van der Waals surface area (Å²) < 4.78 is 20.4. The second-order valence-corrected chi connectivity index (χ2v) is 12.1. The van der Waals surface area contributed by atoms with Crippen molar-refractivity contribution in [3.63, 3.8) is 0 Å². The predicted octanol–water partition coefficient (Wildman–Crippen LogP) is 9.46. The Labute approximate surface area is 219 Å². The van der Waals surface area contributed by atoms with Crippen LogP contribution in [0.3, 0.4) is 0 Å². The molecule has 36 heavy (non-hydrogen) atoms. The Morgan fingerprint density at radius 3 is 2.56 bits per heavy atom. The van der Waals surface area contributed by atoms with Crippen molar-refractivity contribution >= 4 is 5.97 Å². The van der Waals surface area contributed by atoms with E-state index in [0.717, 1.165) is 55.4 Å². The molecule has 3 aliphatic rings. The van der Waals surface area contributed by atoms with E-state index in [4.69, 9.17) is 4.74 Å². The summed E-state index contributed by atoms with van der Waals surface area (Å²) in [5.41, 5.74) is 0.941. The van der Waals surface area contributed by atoms with Gasteiger partial charge in [-0.05, 0) is 106 Å². The molecule has 2 nitrogen and oxygen atoms in total. The first kappa shape index (κ1) is 27.4. The van der Waals surface area contributed by atoms with Crippen molar-refractivity contribution in [3.05, 3.63) is 41.7 Å². The van der Waals surface area contributed by atoms with Gasteiger partial charge in [0.15, 0.2) is 11.6 Å². The first-order valence-corrected chi connectivity index (χ1v) is 15.2. The fourth-order valence-electron chi connectivity index (χ4n) is 7.73. The minimum Gasteiger partial charge on any atom is -0.423 e. The maximum Gasteiger partial charge on any atom is 0.314 e. The Bertz CT molecular complexity index is 853. The van der Waals surface area contributed by atoms with Gasteiger partial charge in [-0.1, -0.05) is 76.5 Å². The van der Waals surface area contributed by atoms with Crippen molar-refractivity contribution in [3.8, 4) is 5.75 Å². The minimum atomic E-state index is -0.414. The molecule has 0 saturated heterocycles. The van der Waals surface area contributed by atoms with Crippen LogP contribution in [0.2, 0.25) is 0 Å². The summed E-state index contributed by atoms with van der Waals surface area (Å²) in [5, 5.41) is 0. The Morgan fingerprint density at radius 1 is 1.00 bits per heavy atom. The molecule has 200 valence electrons. The molecule has 1 aromatic carbocycles. The molecule has 3 aliphatic carbocycles. The molecule has 1 aromatic rings. The summed E-state index contributed by atoms with van der Waals surface area (Å²) in [6.07, 6.45) is 24.1. The van der Waals surface area contributed by atoms with Crippen LogP contribution in [0.15, 0.2) is 30.4 Å². The lowest BCUT2D eigenvalue weighted by Crippen LogP contribution is -2.40. The van der Waals surface area contributed by atoms with Gasteiger partial charge in [-0.2, -0.15) is 0 Å². The van der Waals surface area contributed by atoms with Crippen molar-refractivity contribution in [1.82, 2.24) is 0 Å². The third-order valence-corrected chi connectivity index (χ3v) is 9.81. The normalized spacial score (nSPS) is 30.8. The largest absolute Gasteiger partial charge is 0.423 e. The second-order valence-electron chi connectivity index (χ2n) is 12.1. The number of carbonyl (C=O) groups excluding carboxylic acids is 1. The van der Waals surface area contributed by atoms with Crippen molar-refractivity contribution in [2.75, 3.05) is 0 Å². The first-order chi connectivity index (χ1) is 17.6. The lowest BCUT2D eigenvalue weighted by Gasteiger charge is -2.46. The van der Waals surface area contributed by atoms with Crippen LogP contribution in [0, 0.1) is 41.3 Å². The number of ether oxygens (including phenoxy) is 1. The Balaban J connectivity index is 1.28. The molecular weight excluding hydrogens is 447 g/mol. The van der Waals surface area contributed by atoms with E-state index in [1.807, 2.05) is 19.1 Å². The number of allylic oxidation sites excluding steroid dienone is 2. The highest BCUT2D eigenvalue weighted by molar-refractivity contribution is 5.75. The van der Waals surface area contributed by atoms with Gasteiger partial charge in [-0.25, -0.2) is 4.39 Å². The van der Waals surface area contributed by atoms with Gasteiger partial charge < -0.3 is 4.74 Å². The third kappa shape index (κ3) is 7.23. The lowest BCUT2D eigenvalue weighted by molar-refractivity contribution is -0.144. The first-order valence-electron chi connectivity index (χ1n) is 15.2. The quantitative estimate of drug-likeness (QED) is 0.139. The fraction of sp³-hybridized carbons (Fsp3) is 0.727. The topological polar surface area (TPSA) is 26.3 Å². The molecule has 4 atom stereocenters. The summed E-state index contributed by atoms with van der Waals surface area (Å²) in [5.74, 6) is 3.23. The van der Waals surface area contributed by atoms with E-state index in [9.17, 15) is 9.18 Å². The zero-order valence-electron chi connectivity index (χ0n) is 22.9. The number of hydrogen-bond donors (Lipinski definition) is 0. The summed E-state index contributed by atoms with van der Waals surface area (Å²) in [6.45, 7) is 4.29. The smallest absolute Gasteiger partial charge is 0.314 e. The number of benzene rings is 1. The number of aryl methyl sites for hydroxylation is 1. The van der Waals surface area contributed by atoms with E-state index in [1.54, 1.807) is 6.07 Å². The highest BCUT2D eigenvalue weighted by atomic mass is 19.1. The number of rotatable bonds is 10. The van der Waals surface area contributed by atoms with Gasteiger partial charge in [0.1, 0.15) is 0 Å². The molecule has 0 bridgehead atoms. The summed E-state index contributed by atoms with van der Waals surface area (Å²) >= 11 is 0. The van der Waals surface area contributed by atoms with Gasteiger partial charge in [-0.3, -0.25) is 4.79 Å². The zero-order chi connectivity index (χ0) is 25.3. The number of carbonyl (C=O) groups is 1. The van der Waals surface area contributed by atoms with Gasteiger partial charge >= 0.3 is 5.97 Å². The summed E-state index contributed by atoms with van der Waals surface area (Å²) in [4.78, 5) is 13.2. The second kappa shape index (κ2) is 13.8. The molecule has 0 heterocycles. The minimum absolute atomic E-state index is 0.0623. The molecule has 0 spiro atoms. The van der Waals surface area contributed by atoms with Gasteiger partial charge in [0.2, 0.25) is 0 Å². The molecule has 3 fully saturated rings. The predicted molar refractivity (Wildman–Crippen MR) is 146 cm³/mol. The lowest BCUT2D eigenvalue weighted by atomic mass is 9.59. The van der Waals surface area contributed by atoms with Crippen LogP contribution in [-0.2, 0) is 11.2 Å². The Kier molecular flexibility index (Phi) is 10.5. The molecule has 3 saturated carbocycles. The van der Waals surface area contributed by atoms with Gasteiger partial charge in [0, 0.05) is 0 Å². The average Bonchev–Trinajstić information content (AvgIpc) is 2.90. The number of unbranched alkanes of at least 4 members (excludes halogenated alkanes) is 2. The molecular formula is C33H49FO2. The van der Waals surface area contributed by atoms with Crippen LogP contribution in [0.25, 0.3) is 0 Å². The number of halogens is 1. The van der Waals surface area contributed by atoms with Crippen LogP contribution in [-0.4, -0.2) is 5.97 Å². The molecule has 0 aliphatic heterocycles. The van der Waals surface area contributed by atoms with Crippen molar-refractivity contribution in [1.29, 1.82) is 0 Å². The van der Waals surface area contributed by atoms with Crippen molar-refractivity contribution in [2.45, 2.75) is 117 Å². The van der Waals surface area contributed by atoms with Gasteiger partial charge in [0.05, 0.1) is 5.92 Å². The number of fused-ring (bicyclic) bond motifs is 1. The van der Waals surface area contributed by atoms with E-state index < -0.39 is 5.82 Å². The average molecular weight is 497 g/mol. The molecule has 0 aromatic heterocycles.